The summed E-state index contributed by atoms with van der Waals surface area (Å²) in [5, 5.41) is 13.2. The molecule has 0 saturated heterocycles. The summed E-state index contributed by atoms with van der Waals surface area (Å²) in [6, 6.07) is 13.0. The first-order valence-corrected chi connectivity index (χ1v) is 9.55. The standard InChI is InChI=1S/C18H16Cl2N4OS/c1-11-22-23-18(26-10-13-6-7-14(19)8-17(13)20)24(11)16-5-3-4-15(9-16)21-12(2)25/h3-9H,10H2,1-2H3,(H,21,25). The molecule has 2 aromatic carbocycles. The molecule has 0 aliphatic carbocycles. The normalized spacial score (nSPS) is 10.8. The van der Waals surface area contributed by atoms with Gasteiger partial charge in [0.05, 0.1) is 5.69 Å². The Balaban J connectivity index is 1.86. The second-order valence-corrected chi connectivity index (χ2v) is 7.41. The number of aryl methyl sites for hydroxylation is 1. The van der Waals surface area contributed by atoms with Crippen molar-refractivity contribution in [1.29, 1.82) is 0 Å². The maximum Gasteiger partial charge on any atom is 0.221 e. The number of hydrogen-bond acceptors (Lipinski definition) is 4. The molecule has 8 heteroatoms. The fourth-order valence-corrected chi connectivity index (χ4v) is 4.00. The zero-order valence-corrected chi connectivity index (χ0v) is 16.5. The Morgan fingerprint density at radius 1 is 1.19 bits per heavy atom. The molecule has 1 heterocycles. The summed E-state index contributed by atoms with van der Waals surface area (Å²) in [5.41, 5.74) is 2.57. The molecule has 0 fully saturated rings. The number of halogens is 2. The number of carbonyl (C=O) groups is 1. The highest BCUT2D eigenvalue weighted by Crippen LogP contribution is 2.30. The van der Waals surface area contributed by atoms with Gasteiger partial charge in [-0.1, -0.05) is 47.1 Å². The van der Waals surface area contributed by atoms with Gasteiger partial charge in [-0.2, -0.15) is 0 Å². The van der Waals surface area contributed by atoms with Gasteiger partial charge in [-0.15, -0.1) is 10.2 Å². The molecule has 134 valence electrons. The van der Waals surface area contributed by atoms with Gasteiger partial charge in [-0.25, -0.2) is 0 Å². The minimum atomic E-state index is -0.116. The number of benzene rings is 2. The molecule has 1 aromatic heterocycles. The van der Waals surface area contributed by atoms with E-state index < -0.39 is 0 Å². The number of amides is 1. The number of anilines is 1. The Morgan fingerprint density at radius 3 is 2.73 bits per heavy atom. The molecule has 3 aromatic rings. The van der Waals surface area contributed by atoms with Gasteiger partial charge in [0.25, 0.3) is 0 Å². The number of nitrogens with one attached hydrogen (secondary N) is 1. The number of rotatable bonds is 5. The third-order valence-electron chi connectivity index (χ3n) is 3.59. The first-order chi connectivity index (χ1) is 12.4. The van der Waals surface area contributed by atoms with Crippen molar-refractivity contribution >= 4 is 46.6 Å². The van der Waals surface area contributed by atoms with Crippen LogP contribution in [0.25, 0.3) is 5.69 Å². The summed E-state index contributed by atoms with van der Waals surface area (Å²) in [7, 11) is 0. The van der Waals surface area contributed by atoms with Crippen LogP contribution in [0.4, 0.5) is 5.69 Å². The summed E-state index contributed by atoms with van der Waals surface area (Å²) in [5.74, 6) is 1.28. The van der Waals surface area contributed by atoms with E-state index in [0.717, 1.165) is 27.9 Å². The number of nitrogens with zero attached hydrogens (tertiary/aromatic N) is 3. The van der Waals surface area contributed by atoms with Gasteiger partial charge in [-0.05, 0) is 42.8 Å². The predicted octanol–water partition coefficient (Wildman–Crippen LogP) is 5.13. The van der Waals surface area contributed by atoms with Crippen molar-refractivity contribution in [3.8, 4) is 5.69 Å². The molecule has 0 aliphatic rings. The van der Waals surface area contributed by atoms with Crippen molar-refractivity contribution in [2.45, 2.75) is 24.8 Å². The van der Waals surface area contributed by atoms with Crippen molar-refractivity contribution < 1.29 is 4.79 Å². The van der Waals surface area contributed by atoms with E-state index in [-0.39, 0.29) is 5.91 Å². The van der Waals surface area contributed by atoms with Crippen LogP contribution in [0.1, 0.15) is 18.3 Å². The molecule has 0 bridgehead atoms. The summed E-state index contributed by atoms with van der Waals surface area (Å²) < 4.78 is 1.94. The molecule has 0 spiro atoms. The minimum absolute atomic E-state index is 0.116. The van der Waals surface area contributed by atoms with Crippen molar-refractivity contribution in [3.05, 3.63) is 63.9 Å². The Hall–Kier alpha value is -2.02. The lowest BCUT2D eigenvalue weighted by Crippen LogP contribution is -2.07. The average Bonchev–Trinajstić information content (AvgIpc) is 2.94. The molecule has 26 heavy (non-hydrogen) atoms. The summed E-state index contributed by atoms with van der Waals surface area (Å²) in [6.07, 6.45) is 0. The number of hydrogen-bond donors (Lipinski definition) is 1. The molecule has 1 amide bonds. The topological polar surface area (TPSA) is 59.8 Å². The van der Waals surface area contributed by atoms with Crippen LogP contribution in [0.3, 0.4) is 0 Å². The lowest BCUT2D eigenvalue weighted by Gasteiger charge is -2.11. The quantitative estimate of drug-likeness (QED) is 0.596. The summed E-state index contributed by atoms with van der Waals surface area (Å²) in [6.45, 7) is 3.37. The van der Waals surface area contributed by atoms with E-state index in [1.54, 1.807) is 6.07 Å². The molecule has 0 saturated carbocycles. The third-order valence-corrected chi connectivity index (χ3v) is 5.16. The van der Waals surface area contributed by atoms with E-state index in [2.05, 4.69) is 15.5 Å². The Bertz CT molecular complexity index is 958. The summed E-state index contributed by atoms with van der Waals surface area (Å²) in [4.78, 5) is 11.3. The Labute approximate surface area is 165 Å². The number of aromatic nitrogens is 3. The molecule has 0 unspecified atom stereocenters. The van der Waals surface area contributed by atoms with E-state index in [9.17, 15) is 4.79 Å². The minimum Gasteiger partial charge on any atom is -0.326 e. The molecule has 0 radical (unpaired) electrons. The Morgan fingerprint density at radius 2 is 2.00 bits per heavy atom. The number of carbonyl (C=O) groups excluding carboxylic acids is 1. The van der Waals surface area contributed by atoms with E-state index in [0.29, 0.717) is 15.8 Å². The zero-order valence-electron chi connectivity index (χ0n) is 14.2. The predicted molar refractivity (Wildman–Crippen MR) is 106 cm³/mol. The second kappa shape index (κ2) is 8.12. The fourth-order valence-electron chi connectivity index (χ4n) is 2.44. The van der Waals surface area contributed by atoms with Gasteiger partial charge in [0.15, 0.2) is 5.16 Å². The maximum atomic E-state index is 11.3. The Kier molecular flexibility index (Phi) is 5.86. The zero-order chi connectivity index (χ0) is 18.7. The van der Waals surface area contributed by atoms with Crippen LogP contribution >= 0.6 is 35.0 Å². The third kappa shape index (κ3) is 4.38. The van der Waals surface area contributed by atoms with E-state index in [1.165, 1.54) is 18.7 Å². The van der Waals surface area contributed by atoms with Crippen molar-refractivity contribution in [1.82, 2.24) is 14.8 Å². The van der Waals surface area contributed by atoms with Gasteiger partial charge in [-0.3, -0.25) is 9.36 Å². The van der Waals surface area contributed by atoms with E-state index in [1.807, 2.05) is 47.9 Å². The van der Waals surface area contributed by atoms with Crippen LogP contribution in [0.2, 0.25) is 10.0 Å². The highest BCUT2D eigenvalue weighted by Gasteiger charge is 2.13. The lowest BCUT2D eigenvalue weighted by molar-refractivity contribution is -0.114. The molecule has 0 aliphatic heterocycles. The van der Waals surface area contributed by atoms with E-state index >= 15 is 0 Å². The molecule has 3 rings (SSSR count). The van der Waals surface area contributed by atoms with Crippen molar-refractivity contribution in [2.75, 3.05) is 5.32 Å². The van der Waals surface area contributed by atoms with Crippen molar-refractivity contribution in [3.63, 3.8) is 0 Å². The SMILES string of the molecule is CC(=O)Nc1cccc(-n2c(C)nnc2SCc2ccc(Cl)cc2Cl)c1. The van der Waals surface area contributed by atoms with Gasteiger partial charge >= 0.3 is 0 Å². The highest BCUT2D eigenvalue weighted by molar-refractivity contribution is 7.98. The molecule has 1 N–H and O–H groups in total. The van der Waals surface area contributed by atoms with Crippen molar-refractivity contribution in [2.24, 2.45) is 0 Å². The first-order valence-electron chi connectivity index (χ1n) is 7.81. The smallest absolute Gasteiger partial charge is 0.221 e. The van der Waals surface area contributed by atoms with Gasteiger partial charge in [0, 0.05) is 28.4 Å². The van der Waals surface area contributed by atoms with Gasteiger partial charge in [0.2, 0.25) is 5.91 Å². The highest BCUT2D eigenvalue weighted by atomic mass is 35.5. The second-order valence-electron chi connectivity index (χ2n) is 5.62. The van der Waals surface area contributed by atoms with Crippen LogP contribution in [-0.2, 0) is 10.5 Å². The van der Waals surface area contributed by atoms with Gasteiger partial charge < -0.3 is 5.32 Å². The molecular formula is C18H16Cl2N4OS. The lowest BCUT2D eigenvalue weighted by atomic mass is 10.2. The molecular weight excluding hydrogens is 391 g/mol. The van der Waals surface area contributed by atoms with Crippen LogP contribution < -0.4 is 5.32 Å². The van der Waals surface area contributed by atoms with Crippen LogP contribution in [-0.4, -0.2) is 20.7 Å². The summed E-state index contributed by atoms with van der Waals surface area (Å²) >= 11 is 13.7. The molecule has 5 nitrogen and oxygen atoms in total. The number of thioether (sulfide) groups is 1. The fraction of sp³-hybridized carbons (Fsp3) is 0.167. The largest absolute Gasteiger partial charge is 0.326 e. The monoisotopic (exact) mass is 406 g/mol. The van der Waals surface area contributed by atoms with Gasteiger partial charge in [0.1, 0.15) is 5.82 Å². The maximum absolute atomic E-state index is 11.3. The van der Waals surface area contributed by atoms with Crippen LogP contribution in [0, 0.1) is 6.92 Å². The average molecular weight is 407 g/mol. The van der Waals surface area contributed by atoms with Crippen LogP contribution in [0.15, 0.2) is 47.6 Å². The first kappa shape index (κ1) is 18.8. The molecule has 0 atom stereocenters. The van der Waals surface area contributed by atoms with Crippen LogP contribution in [0.5, 0.6) is 0 Å². The van der Waals surface area contributed by atoms with E-state index in [4.69, 9.17) is 23.2 Å².